The Hall–Kier alpha value is -0.520. The zero-order valence-electron chi connectivity index (χ0n) is 8.26. The summed E-state index contributed by atoms with van der Waals surface area (Å²) in [6.07, 6.45) is 12.0. The van der Waals surface area contributed by atoms with E-state index in [9.17, 15) is 0 Å². The van der Waals surface area contributed by atoms with Crippen LogP contribution in [0.2, 0.25) is 0 Å². The Morgan fingerprint density at radius 1 is 1.46 bits per heavy atom. The Morgan fingerprint density at radius 3 is 3.00 bits per heavy atom. The molecule has 1 aliphatic rings. The van der Waals surface area contributed by atoms with Gasteiger partial charge < -0.3 is 11.1 Å². The molecule has 1 aliphatic carbocycles. The van der Waals surface area contributed by atoms with Crippen molar-refractivity contribution < 1.29 is 0 Å². The van der Waals surface area contributed by atoms with E-state index in [1.54, 1.807) is 0 Å². The summed E-state index contributed by atoms with van der Waals surface area (Å²) in [5, 5.41) is 3.51. The van der Waals surface area contributed by atoms with E-state index in [0.717, 1.165) is 25.8 Å². The zero-order chi connectivity index (χ0) is 9.52. The van der Waals surface area contributed by atoms with Gasteiger partial charge in [0.05, 0.1) is 0 Å². The number of hydrogen-bond donors (Lipinski definition) is 2. The number of unbranched alkanes of at least 4 members (excludes halogenated alkanes) is 1. The lowest BCUT2D eigenvalue weighted by Crippen LogP contribution is -2.39. The summed E-state index contributed by atoms with van der Waals surface area (Å²) in [7, 11) is 0. The number of nitrogens with one attached hydrogen (secondary N) is 1. The average Bonchev–Trinajstić information content (AvgIpc) is 2.13. The minimum absolute atomic E-state index is 0.416. The Balaban J connectivity index is 2.04. The maximum Gasteiger partial charge on any atom is 0.00981 e. The fraction of sp³-hybridized carbons (Fsp3) is 0.818. The molecule has 0 aromatic carbocycles. The van der Waals surface area contributed by atoms with Crippen LogP contribution < -0.4 is 11.1 Å². The third-order valence-corrected chi connectivity index (χ3v) is 2.65. The van der Waals surface area contributed by atoms with Crippen molar-refractivity contribution in [2.45, 2.75) is 50.6 Å². The predicted molar refractivity (Wildman–Crippen MR) is 56.3 cm³/mol. The molecule has 2 nitrogen and oxygen atoms in total. The molecule has 0 saturated heterocycles. The lowest BCUT2D eigenvalue weighted by atomic mass is 9.91. The smallest absolute Gasteiger partial charge is 0.00981 e. The van der Waals surface area contributed by atoms with Crippen molar-refractivity contribution in [1.82, 2.24) is 5.32 Å². The molecule has 2 unspecified atom stereocenters. The summed E-state index contributed by atoms with van der Waals surface area (Å²) in [4.78, 5) is 0. The zero-order valence-corrected chi connectivity index (χ0v) is 8.26. The second-order valence-electron chi connectivity index (χ2n) is 3.89. The minimum atomic E-state index is 0.416. The van der Waals surface area contributed by atoms with Gasteiger partial charge in [-0.1, -0.05) is 6.42 Å². The van der Waals surface area contributed by atoms with Crippen LogP contribution >= 0.6 is 0 Å². The van der Waals surface area contributed by atoms with Crippen LogP contribution in [-0.2, 0) is 0 Å². The van der Waals surface area contributed by atoms with Gasteiger partial charge in [-0.25, -0.2) is 0 Å². The first-order chi connectivity index (χ1) is 6.33. The molecule has 3 N–H and O–H groups in total. The van der Waals surface area contributed by atoms with Gasteiger partial charge in [0.25, 0.3) is 0 Å². The molecule has 2 atom stereocenters. The van der Waals surface area contributed by atoms with Crippen LogP contribution in [-0.4, -0.2) is 18.6 Å². The fourth-order valence-corrected chi connectivity index (χ4v) is 1.91. The first kappa shape index (κ1) is 10.6. The SMILES string of the molecule is C#CCCCNC1CCCC(N)C1. The van der Waals surface area contributed by atoms with Gasteiger partial charge in [-0.3, -0.25) is 0 Å². The monoisotopic (exact) mass is 180 g/mol. The molecule has 0 aliphatic heterocycles. The molecular formula is C11H20N2. The normalized spacial score (nSPS) is 28.3. The van der Waals surface area contributed by atoms with E-state index >= 15 is 0 Å². The molecule has 13 heavy (non-hydrogen) atoms. The molecule has 1 saturated carbocycles. The van der Waals surface area contributed by atoms with Crippen molar-refractivity contribution in [3.8, 4) is 12.3 Å². The molecule has 0 radical (unpaired) electrons. The third-order valence-electron chi connectivity index (χ3n) is 2.65. The van der Waals surface area contributed by atoms with E-state index in [4.69, 9.17) is 12.2 Å². The van der Waals surface area contributed by atoms with Crippen molar-refractivity contribution in [2.75, 3.05) is 6.54 Å². The van der Waals surface area contributed by atoms with Gasteiger partial charge in [0.15, 0.2) is 0 Å². The molecule has 0 aromatic rings. The maximum absolute atomic E-state index is 5.88. The summed E-state index contributed by atoms with van der Waals surface area (Å²) in [5.74, 6) is 2.65. The van der Waals surface area contributed by atoms with Gasteiger partial charge >= 0.3 is 0 Å². The molecular weight excluding hydrogens is 160 g/mol. The number of rotatable bonds is 4. The third kappa shape index (κ3) is 4.31. The Labute approximate surface area is 81.3 Å². The molecule has 74 valence electrons. The van der Waals surface area contributed by atoms with Gasteiger partial charge in [0.1, 0.15) is 0 Å². The largest absolute Gasteiger partial charge is 0.328 e. The van der Waals surface area contributed by atoms with Crippen molar-refractivity contribution in [3.05, 3.63) is 0 Å². The molecule has 0 heterocycles. The first-order valence-corrected chi connectivity index (χ1v) is 5.25. The van der Waals surface area contributed by atoms with Crippen LogP contribution in [0.1, 0.15) is 38.5 Å². The molecule has 1 fully saturated rings. The van der Waals surface area contributed by atoms with Crippen molar-refractivity contribution in [3.63, 3.8) is 0 Å². The standard InChI is InChI=1S/C11H20N2/c1-2-3-4-8-13-11-7-5-6-10(12)9-11/h1,10-11,13H,3-9,12H2. The van der Waals surface area contributed by atoms with Crippen molar-refractivity contribution >= 4 is 0 Å². The number of terminal acetylenes is 1. The predicted octanol–water partition coefficient (Wildman–Crippen LogP) is 1.26. The van der Waals surface area contributed by atoms with E-state index in [1.807, 2.05) is 0 Å². The van der Waals surface area contributed by atoms with Gasteiger partial charge in [-0.05, 0) is 32.2 Å². The second kappa shape index (κ2) is 6.01. The molecule has 1 rings (SSSR count). The highest BCUT2D eigenvalue weighted by Gasteiger charge is 2.17. The van der Waals surface area contributed by atoms with E-state index in [2.05, 4.69) is 11.2 Å². The van der Waals surface area contributed by atoms with Crippen molar-refractivity contribution in [2.24, 2.45) is 5.73 Å². The fourth-order valence-electron chi connectivity index (χ4n) is 1.91. The summed E-state index contributed by atoms with van der Waals surface area (Å²) in [6.45, 7) is 1.04. The lowest BCUT2D eigenvalue weighted by Gasteiger charge is -2.27. The average molecular weight is 180 g/mol. The highest BCUT2D eigenvalue weighted by Crippen LogP contribution is 2.16. The van der Waals surface area contributed by atoms with E-state index in [-0.39, 0.29) is 0 Å². The molecule has 0 spiro atoms. The quantitative estimate of drug-likeness (QED) is 0.505. The van der Waals surface area contributed by atoms with E-state index < -0.39 is 0 Å². The number of nitrogens with two attached hydrogens (primary N) is 1. The molecule has 0 aromatic heterocycles. The summed E-state index contributed by atoms with van der Waals surface area (Å²) < 4.78 is 0. The van der Waals surface area contributed by atoms with Crippen molar-refractivity contribution in [1.29, 1.82) is 0 Å². The van der Waals surface area contributed by atoms with Crippen LogP contribution in [0, 0.1) is 12.3 Å². The minimum Gasteiger partial charge on any atom is -0.328 e. The Morgan fingerprint density at radius 2 is 2.31 bits per heavy atom. The van der Waals surface area contributed by atoms with Gasteiger partial charge in [-0.2, -0.15) is 0 Å². The van der Waals surface area contributed by atoms with E-state index in [0.29, 0.717) is 12.1 Å². The van der Waals surface area contributed by atoms with Crippen LogP contribution in [0.25, 0.3) is 0 Å². The van der Waals surface area contributed by atoms with Gasteiger partial charge in [-0.15, -0.1) is 12.3 Å². The van der Waals surface area contributed by atoms with Crippen LogP contribution in [0.5, 0.6) is 0 Å². The Bertz CT molecular complexity index is 171. The number of hydrogen-bond acceptors (Lipinski definition) is 2. The van der Waals surface area contributed by atoms with Crippen LogP contribution in [0.4, 0.5) is 0 Å². The van der Waals surface area contributed by atoms with Gasteiger partial charge in [0, 0.05) is 18.5 Å². The summed E-state index contributed by atoms with van der Waals surface area (Å²) in [6, 6.07) is 1.06. The molecule has 2 heteroatoms. The van der Waals surface area contributed by atoms with E-state index in [1.165, 1.54) is 19.3 Å². The molecule has 0 bridgehead atoms. The topological polar surface area (TPSA) is 38.0 Å². The highest BCUT2D eigenvalue weighted by atomic mass is 14.9. The highest BCUT2D eigenvalue weighted by molar-refractivity contribution is 4.84. The summed E-state index contributed by atoms with van der Waals surface area (Å²) in [5.41, 5.74) is 5.88. The second-order valence-corrected chi connectivity index (χ2v) is 3.89. The Kier molecular flexibility index (Phi) is 4.88. The first-order valence-electron chi connectivity index (χ1n) is 5.25. The summed E-state index contributed by atoms with van der Waals surface area (Å²) >= 11 is 0. The lowest BCUT2D eigenvalue weighted by molar-refractivity contribution is 0.339. The van der Waals surface area contributed by atoms with Gasteiger partial charge in [0.2, 0.25) is 0 Å². The van der Waals surface area contributed by atoms with Crippen LogP contribution in [0.3, 0.4) is 0 Å². The maximum atomic E-state index is 5.88. The molecule has 0 amide bonds. The van der Waals surface area contributed by atoms with Crippen LogP contribution in [0.15, 0.2) is 0 Å².